The molecule has 0 spiro atoms. The van der Waals surface area contributed by atoms with Crippen molar-refractivity contribution in [2.75, 3.05) is 14.1 Å². The highest BCUT2D eigenvalue weighted by atomic mass is 16.5. The summed E-state index contributed by atoms with van der Waals surface area (Å²) in [5.74, 6) is -0.528. The summed E-state index contributed by atoms with van der Waals surface area (Å²) in [4.78, 5) is 25.4. The fraction of sp³-hybridized carbons (Fsp3) is 0.550. The zero-order valence-corrected chi connectivity index (χ0v) is 16.8. The minimum Gasteiger partial charge on any atom is -0.448 e. The zero-order valence-electron chi connectivity index (χ0n) is 16.8. The van der Waals surface area contributed by atoms with Crippen LogP contribution in [-0.2, 0) is 20.9 Å². The first kappa shape index (κ1) is 21.5. The molecular weight excluding hydrogens is 330 g/mol. The van der Waals surface area contributed by atoms with E-state index in [1.54, 1.807) is 14.1 Å². The maximum atomic E-state index is 12.2. The van der Waals surface area contributed by atoms with Crippen molar-refractivity contribution in [1.29, 1.82) is 5.26 Å². The molecule has 1 amide bonds. The molecule has 0 bridgehead atoms. The van der Waals surface area contributed by atoms with Crippen LogP contribution < -0.4 is 0 Å². The molecule has 6 heteroatoms. The maximum absolute atomic E-state index is 12.2. The van der Waals surface area contributed by atoms with Crippen LogP contribution >= 0.6 is 0 Å². The lowest BCUT2D eigenvalue weighted by Crippen LogP contribution is -2.35. The Bertz CT molecular complexity index is 736. The average Bonchev–Trinajstić information content (AvgIpc) is 2.82. The molecule has 0 aliphatic heterocycles. The van der Waals surface area contributed by atoms with Crippen LogP contribution in [0.3, 0.4) is 0 Å². The topological polar surface area (TPSA) is 75.3 Å². The van der Waals surface area contributed by atoms with Gasteiger partial charge in [-0.2, -0.15) is 5.26 Å². The highest BCUT2D eigenvalue weighted by molar-refractivity contribution is 5.99. The van der Waals surface area contributed by atoms with E-state index in [1.807, 2.05) is 26.0 Å². The minimum atomic E-state index is -0.937. The van der Waals surface area contributed by atoms with Gasteiger partial charge in [0.05, 0.1) is 0 Å². The van der Waals surface area contributed by atoms with Crippen LogP contribution in [0, 0.1) is 31.1 Å². The van der Waals surface area contributed by atoms with Crippen molar-refractivity contribution in [3.8, 4) is 6.07 Å². The largest absolute Gasteiger partial charge is 0.448 e. The number of nitrogens with zero attached hydrogens (tertiary/aromatic N) is 3. The molecular formula is C20H29N3O3. The Kier molecular flexibility index (Phi) is 7.63. The average molecular weight is 359 g/mol. The van der Waals surface area contributed by atoms with Crippen LogP contribution in [0.4, 0.5) is 0 Å². The second-order valence-electron chi connectivity index (χ2n) is 7.11. The molecule has 0 fully saturated rings. The Labute approximate surface area is 156 Å². The van der Waals surface area contributed by atoms with E-state index in [0.29, 0.717) is 5.92 Å². The zero-order chi connectivity index (χ0) is 20.0. The van der Waals surface area contributed by atoms with E-state index in [0.717, 1.165) is 29.9 Å². The quantitative estimate of drug-likeness (QED) is 0.426. The van der Waals surface area contributed by atoms with Crippen molar-refractivity contribution in [3.05, 3.63) is 28.6 Å². The van der Waals surface area contributed by atoms with E-state index in [9.17, 15) is 14.9 Å². The predicted molar refractivity (Wildman–Crippen MR) is 101 cm³/mol. The smallest absolute Gasteiger partial charge is 0.349 e. The van der Waals surface area contributed by atoms with E-state index >= 15 is 0 Å². The molecule has 142 valence electrons. The molecule has 6 nitrogen and oxygen atoms in total. The number of aromatic nitrogens is 1. The molecule has 0 aliphatic carbocycles. The third kappa shape index (κ3) is 5.48. The molecule has 26 heavy (non-hydrogen) atoms. The number of hydrogen-bond acceptors (Lipinski definition) is 4. The SMILES string of the molecule is Cc1cc(/C=C(\C#N)C(=O)O[C@@H](C)C(=O)N(C)C)c(C)n1CCC(C)C. The molecule has 1 rings (SSSR count). The van der Waals surface area contributed by atoms with Gasteiger partial charge in [-0.15, -0.1) is 0 Å². The number of hydrogen-bond donors (Lipinski definition) is 0. The lowest BCUT2D eigenvalue weighted by molar-refractivity contribution is -0.154. The molecule has 0 saturated carbocycles. The summed E-state index contributed by atoms with van der Waals surface area (Å²) < 4.78 is 7.31. The standard InChI is InChI=1S/C20H29N3O3/c1-13(2)8-9-23-14(3)10-17(15(23)4)11-18(12-21)20(25)26-16(5)19(24)22(6)7/h10-11,13,16H,8-9H2,1-7H3/b18-11+/t16-/m0/s1. The molecule has 0 unspecified atom stereocenters. The number of carbonyl (C=O) groups excluding carboxylic acids is 2. The van der Waals surface area contributed by atoms with Gasteiger partial charge in [0.1, 0.15) is 11.6 Å². The first-order chi connectivity index (χ1) is 12.1. The molecule has 0 N–H and O–H groups in total. The monoisotopic (exact) mass is 359 g/mol. The van der Waals surface area contributed by atoms with Crippen LogP contribution in [0.15, 0.2) is 11.6 Å². The van der Waals surface area contributed by atoms with Crippen LogP contribution in [0.2, 0.25) is 0 Å². The molecule has 0 saturated heterocycles. The van der Waals surface area contributed by atoms with Crippen molar-refractivity contribution >= 4 is 18.0 Å². The van der Waals surface area contributed by atoms with E-state index < -0.39 is 12.1 Å². The van der Waals surface area contributed by atoms with E-state index in [2.05, 4.69) is 18.4 Å². The molecule has 0 aliphatic rings. The van der Waals surface area contributed by atoms with Gasteiger partial charge in [-0.3, -0.25) is 4.79 Å². The summed E-state index contributed by atoms with van der Waals surface area (Å²) in [6.07, 6.45) is 1.65. The van der Waals surface area contributed by atoms with Crippen molar-refractivity contribution in [1.82, 2.24) is 9.47 Å². The number of aryl methyl sites for hydroxylation is 1. The Morgan fingerprint density at radius 3 is 2.42 bits per heavy atom. The highest BCUT2D eigenvalue weighted by Crippen LogP contribution is 2.20. The summed E-state index contributed by atoms with van der Waals surface area (Å²) in [5.41, 5.74) is 2.77. The Morgan fingerprint density at radius 1 is 1.31 bits per heavy atom. The van der Waals surface area contributed by atoms with Crippen LogP contribution in [0.1, 0.15) is 44.1 Å². The third-order valence-corrected chi connectivity index (χ3v) is 4.26. The Hall–Kier alpha value is -2.55. The number of carbonyl (C=O) groups is 2. The molecule has 0 radical (unpaired) electrons. The first-order valence-electron chi connectivity index (χ1n) is 8.79. The number of amides is 1. The molecule has 1 aromatic heterocycles. The van der Waals surface area contributed by atoms with Crippen molar-refractivity contribution in [3.63, 3.8) is 0 Å². The summed E-state index contributed by atoms with van der Waals surface area (Å²) in [5, 5.41) is 9.34. The first-order valence-corrected chi connectivity index (χ1v) is 8.79. The second-order valence-corrected chi connectivity index (χ2v) is 7.11. The van der Waals surface area contributed by atoms with Crippen molar-refractivity contribution < 1.29 is 14.3 Å². The summed E-state index contributed by atoms with van der Waals surface area (Å²) in [6, 6.07) is 3.84. The number of ether oxygens (including phenoxy) is 1. The Balaban J connectivity index is 3.02. The van der Waals surface area contributed by atoms with Crippen LogP contribution in [0.5, 0.6) is 0 Å². The van der Waals surface area contributed by atoms with Gasteiger partial charge in [0.15, 0.2) is 6.10 Å². The Morgan fingerprint density at radius 2 is 1.92 bits per heavy atom. The highest BCUT2D eigenvalue weighted by Gasteiger charge is 2.22. The molecule has 1 heterocycles. The fourth-order valence-electron chi connectivity index (χ4n) is 2.64. The van der Waals surface area contributed by atoms with Crippen LogP contribution in [0.25, 0.3) is 6.08 Å². The van der Waals surface area contributed by atoms with Gasteiger partial charge in [0.25, 0.3) is 5.91 Å². The van der Waals surface area contributed by atoms with Crippen molar-refractivity contribution in [2.45, 2.75) is 53.7 Å². The van der Waals surface area contributed by atoms with Gasteiger partial charge in [-0.1, -0.05) is 13.8 Å². The molecule has 0 aromatic carbocycles. The van der Waals surface area contributed by atoms with Gasteiger partial charge in [-0.05, 0) is 50.8 Å². The number of rotatable bonds is 7. The number of nitriles is 1. The fourth-order valence-corrected chi connectivity index (χ4v) is 2.64. The summed E-state index contributed by atoms with van der Waals surface area (Å²) >= 11 is 0. The normalized spacial score (nSPS) is 12.7. The minimum absolute atomic E-state index is 0.118. The van der Waals surface area contributed by atoms with Crippen molar-refractivity contribution in [2.24, 2.45) is 5.92 Å². The van der Waals surface area contributed by atoms with Gasteiger partial charge < -0.3 is 14.2 Å². The van der Waals surface area contributed by atoms with E-state index in [-0.39, 0.29) is 11.5 Å². The summed E-state index contributed by atoms with van der Waals surface area (Å²) in [6.45, 7) is 10.7. The van der Waals surface area contributed by atoms with Gasteiger partial charge in [0.2, 0.25) is 0 Å². The lowest BCUT2D eigenvalue weighted by Gasteiger charge is -2.16. The number of likely N-dealkylation sites (N-methyl/N-ethyl adjacent to an activating group) is 1. The van der Waals surface area contributed by atoms with Gasteiger partial charge in [0, 0.05) is 32.0 Å². The van der Waals surface area contributed by atoms with E-state index in [4.69, 9.17) is 4.74 Å². The predicted octanol–water partition coefficient (Wildman–Crippen LogP) is 3.08. The maximum Gasteiger partial charge on any atom is 0.349 e. The van der Waals surface area contributed by atoms with Gasteiger partial charge >= 0.3 is 5.97 Å². The van der Waals surface area contributed by atoms with Gasteiger partial charge in [-0.25, -0.2) is 4.79 Å². The second kappa shape index (κ2) is 9.23. The molecule has 1 atom stereocenters. The third-order valence-electron chi connectivity index (χ3n) is 4.26. The lowest BCUT2D eigenvalue weighted by atomic mass is 10.1. The number of esters is 1. The van der Waals surface area contributed by atoms with Crippen LogP contribution in [-0.4, -0.2) is 41.5 Å². The van der Waals surface area contributed by atoms with E-state index in [1.165, 1.54) is 17.9 Å². The molecule has 1 aromatic rings. The summed E-state index contributed by atoms with van der Waals surface area (Å²) in [7, 11) is 3.17.